The molecule has 6 heteroatoms. The first-order valence-electron chi connectivity index (χ1n) is 6.32. The monoisotopic (exact) mass is 287 g/mol. The Hall–Kier alpha value is -0.530. The highest BCUT2D eigenvalue weighted by Crippen LogP contribution is 2.24. The van der Waals surface area contributed by atoms with Crippen LogP contribution in [0.15, 0.2) is 5.51 Å². The number of hydrogen-bond acceptors (Lipinski definition) is 6. The summed E-state index contributed by atoms with van der Waals surface area (Å²) in [6.45, 7) is 5.55. The molecule has 1 rings (SSSR count). The minimum Gasteiger partial charge on any atom is -0.356 e. The number of nitrogens with two attached hydrogens (primary N) is 1. The lowest BCUT2D eigenvalue weighted by Gasteiger charge is -2.39. The molecule has 1 heterocycles. The number of hydrogen-bond donors (Lipinski definition) is 1. The van der Waals surface area contributed by atoms with Crippen molar-refractivity contribution in [2.75, 3.05) is 27.8 Å². The highest BCUT2D eigenvalue weighted by atomic mass is 32.1. The van der Waals surface area contributed by atoms with Gasteiger partial charge in [-0.15, -0.1) is 11.3 Å². The molecule has 0 saturated carbocycles. The summed E-state index contributed by atoms with van der Waals surface area (Å²) in [5, 5.41) is 0. The van der Waals surface area contributed by atoms with Gasteiger partial charge in [-0.1, -0.05) is 0 Å². The summed E-state index contributed by atoms with van der Waals surface area (Å²) in [5.74, 6) is 0. The van der Waals surface area contributed by atoms with Gasteiger partial charge < -0.3 is 15.2 Å². The first-order valence-corrected chi connectivity index (χ1v) is 7.20. The van der Waals surface area contributed by atoms with Crippen molar-refractivity contribution in [1.82, 2.24) is 9.88 Å². The second-order valence-electron chi connectivity index (χ2n) is 5.02. The number of rotatable bonds is 8. The van der Waals surface area contributed by atoms with Gasteiger partial charge in [-0.25, -0.2) is 4.98 Å². The van der Waals surface area contributed by atoms with E-state index >= 15 is 0 Å². The van der Waals surface area contributed by atoms with Gasteiger partial charge in [0.25, 0.3) is 0 Å². The summed E-state index contributed by atoms with van der Waals surface area (Å²) < 4.78 is 10.6. The third kappa shape index (κ3) is 4.22. The number of ether oxygens (including phenoxy) is 2. The van der Waals surface area contributed by atoms with Crippen molar-refractivity contribution in [2.45, 2.75) is 38.6 Å². The van der Waals surface area contributed by atoms with Gasteiger partial charge in [0.1, 0.15) is 0 Å². The summed E-state index contributed by atoms with van der Waals surface area (Å²) in [7, 11) is 5.38. The summed E-state index contributed by atoms with van der Waals surface area (Å²) in [6.07, 6.45) is 0.490. The highest BCUT2D eigenvalue weighted by molar-refractivity contribution is 7.09. The Morgan fingerprint density at radius 1 is 1.47 bits per heavy atom. The quantitative estimate of drug-likeness (QED) is 0.736. The van der Waals surface area contributed by atoms with Crippen molar-refractivity contribution in [3.63, 3.8) is 0 Å². The Kier molecular flexibility index (Phi) is 6.35. The number of nitrogens with zero attached hydrogens (tertiary/aromatic N) is 2. The van der Waals surface area contributed by atoms with Crippen molar-refractivity contribution >= 4 is 11.3 Å². The lowest BCUT2D eigenvalue weighted by Crippen LogP contribution is -2.51. The molecule has 2 N–H and O–H groups in total. The van der Waals surface area contributed by atoms with E-state index in [4.69, 9.17) is 15.2 Å². The molecule has 0 bridgehead atoms. The van der Waals surface area contributed by atoms with Crippen molar-refractivity contribution in [3.8, 4) is 0 Å². The molecule has 0 spiro atoms. The lowest BCUT2D eigenvalue weighted by molar-refractivity contribution is -0.127. The third-order valence-electron chi connectivity index (χ3n) is 3.72. The zero-order chi connectivity index (χ0) is 14.5. The normalized spacial score (nSPS) is 15.2. The van der Waals surface area contributed by atoms with E-state index in [1.54, 1.807) is 25.6 Å². The Morgan fingerprint density at radius 3 is 2.53 bits per heavy atom. The van der Waals surface area contributed by atoms with Crippen LogP contribution in [0.25, 0.3) is 0 Å². The summed E-state index contributed by atoms with van der Waals surface area (Å²) in [5.41, 5.74) is 8.76. The van der Waals surface area contributed by atoms with Crippen LogP contribution in [0.3, 0.4) is 0 Å². The Bertz CT molecular complexity index is 382. The molecular weight excluding hydrogens is 262 g/mol. The fraction of sp³-hybridized carbons (Fsp3) is 0.769. The standard InChI is InChI=1S/C13H25N3O2S/c1-10-11(19-9-15-10)7-16(3)13(2,8-14)6-12(17-4)18-5/h9,12H,6-8,14H2,1-5H3. The molecule has 0 fully saturated rings. The molecule has 1 atom stereocenters. The zero-order valence-corrected chi connectivity index (χ0v) is 13.3. The second kappa shape index (κ2) is 7.31. The van der Waals surface area contributed by atoms with Crippen molar-refractivity contribution in [1.29, 1.82) is 0 Å². The van der Waals surface area contributed by atoms with Crippen LogP contribution in [0.4, 0.5) is 0 Å². The first kappa shape index (κ1) is 16.5. The molecule has 0 aliphatic heterocycles. The van der Waals surface area contributed by atoms with Gasteiger partial charge in [-0.2, -0.15) is 0 Å². The summed E-state index contributed by atoms with van der Waals surface area (Å²) in [4.78, 5) is 7.80. The van der Waals surface area contributed by atoms with Crippen LogP contribution in [0.5, 0.6) is 0 Å². The summed E-state index contributed by atoms with van der Waals surface area (Å²) >= 11 is 1.68. The van der Waals surface area contributed by atoms with Crippen molar-refractivity contribution < 1.29 is 9.47 Å². The topological polar surface area (TPSA) is 60.6 Å². The molecule has 1 unspecified atom stereocenters. The average molecular weight is 287 g/mol. The Labute approximate surface area is 119 Å². The first-order chi connectivity index (χ1) is 8.96. The number of aryl methyl sites for hydroxylation is 1. The van der Waals surface area contributed by atoms with Crippen molar-refractivity contribution in [3.05, 3.63) is 16.1 Å². The molecule has 0 saturated heterocycles. The second-order valence-corrected chi connectivity index (χ2v) is 5.96. The molecule has 19 heavy (non-hydrogen) atoms. The molecule has 1 aromatic heterocycles. The maximum absolute atomic E-state index is 5.97. The lowest BCUT2D eigenvalue weighted by atomic mass is 9.95. The summed E-state index contributed by atoms with van der Waals surface area (Å²) in [6, 6.07) is 0. The van der Waals surface area contributed by atoms with E-state index in [9.17, 15) is 0 Å². The molecule has 110 valence electrons. The van der Waals surface area contributed by atoms with Gasteiger partial charge in [0.2, 0.25) is 0 Å². The van der Waals surface area contributed by atoms with E-state index in [0.717, 1.165) is 18.7 Å². The van der Waals surface area contributed by atoms with Crippen LogP contribution in [-0.2, 0) is 16.0 Å². The van der Waals surface area contributed by atoms with Crippen molar-refractivity contribution in [2.24, 2.45) is 5.73 Å². The minimum absolute atomic E-state index is 0.173. The number of methoxy groups -OCH3 is 2. The van der Waals surface area contributed by atoms with Gasteiger partial charge in [-0.3, -0.25) is 4.90 Å². The Balaban J connectivity index is 2.74. The zero-order valence-electron chi connectivity index (χ0n) is 12.5. The number of likely N-dealkylation sites (N-methyl/N-ethyl adjacent to an activating group) is 1. The maximum Gasteiger partial charge on any atom is 0.158 e. The van der Waals surface area contributed by atoms with Gasteiger partial charge in [0.15, 0.2) is 6.29 Å². The molecular formula is C13H25N3O2S. The SMILES string of the molecule is COC(CC(C)(CN)N(C)Cc1scnc1C)OC. The molecule has 0 amide bonds. The molecule has 0 radical (unpaired) electrons. The van der Waals surface area contributed by atoms with E-state index < -0.39 is 0 Å². The number of thiazole rings is 1. The van der Waals surface area contributed by atoms with E-state index in [1.807, 2.05) is 12.4 Å². The molecule has 0 aliphatic rings. The van der Waals surface area contributed by atoms with Crippen LogP contribution < -0.4 is 5.73 Å². The van der Waals surface area contributed by atoms with Gasteiger partial charge in [0.05, 0.1) is 11.2 Å². The average Bonchev–Trinajstić information content (AvgIpc) is 2.81. The Morgan fingerprint density at radius 2 is 2.11 bits per heavy atom. The molecule has 0 aromatic carbocycles. The fourth-order valence-electron chi connectivity index (χ4n) is 1.90. The van der Waals surface area contributed by atoms with Crippen LogP contribution in [0.2, 0.25) is 0 Å². The van der Waals surface area contributed by atoms with E-state index in [2.05, 4.69) is 23.9 Å². The molecule has 0 aliphatic carbocycles. The van der Waals surface area contributed by atoms with Crippen LogP contribution >= 0.6 is 11.3 Å². The van der Waals surface area contributed by atoms with Crippen LogP contribution in [0.1, 0.15) is 23.9 Å². The van der Waals surface area contributed by atoms with Gasteiger partial charge in [-0.05, 0) is 20.9 Å². The fourth-order valence-corrected chi connectivity index (χ4v) is 2.73. The van der Waals surface area contributed by atoms with Crippen LogP contribution in [-0.4, -0.2) is 49.5 Å². The largest absolute Gasteiger partial charge is 0.356 e. The third-order valence-corrected chi connectivity index (χ3v) is 4.64. The van der Waals surface area contributed by atoms with E-state index in [-0.39, 0.29) is 11.8 Å². The molecule has 1 aromatic rings. The maximum atomic E-state index is 5.97. The van der Waals surface area contributed by atoms with E-state index in [0.29, 0.717) is 6.54 Å². The van der Waals surface area contributed by atoms with Gasteiger partial charge in [0, 0.05) is 44.1 Å². The smallest absolute Gasteiger partial charge is 0.158 e. The van der Waals surface area contributed by atoms with Crippen LogP contribution in [0, 0.1) is 6.92 Å². The highest BCUT2D eigenvalue weighted by Gasteiger charge is 2.31. The number of aromatic nitrogens is 1. The predicted octanol–water partition coefficient (Wildman–Crippen LogP) is 1.61. The van der Waals surface area contributed by atoms with E-state index in [1.165, 1.54) is 4.88 Å². The predicted molar refractivity (Wildman–Crippen MR) is 78.2 cm³/mol. The molecule has 5 nitrogen and oxygen atoms in total. The minimum atomic E-state index is -0.237. The van der Waals surface area contributed by atoms with Gasteiger partial charge >= 0.3 is 0 Å².